The summed E-state index contributed by atoms with van der Waals surface area (Å²) in [5.74, 6) is 2.47. The van der Waals surface area contributed by atoms with E-state index in [9.17, 15) is 4.79 Å². The zero-order chi connectivity index (χ0) is 15.5. The van der Waals surface area contributed by atoms with Crippen molar-refractivity contribution < 1.29 is 9.53 Å². The van der Waals surface area contributed by atoms with Crippen molar-refractivity contribution in [2.75, 3.05) is 7.11 Å². The number of hydrogen-bond donors (Lipinski definition) is 0. The minimum Gasteiger partial charge on any atom is -0.497 e. The van der Waals surface area contributed by atoms with Gasteiger partial charge < -0.3 is 4.74 Å². The summed E-state index contributed by atoms with van der Waals surface area (Å²) in [6, 6.07) is 6.51. The van der Waals surface area contributed by atoms with Crippen LogP contribution in [-0.4, -0.2) is 12.9 Å². The number of allylic oxidation sites excluding steroid dienone is 2. The molecule has 0 spiro atoms. The third-order valence-corrected chi connectivity index (χ3v) is 6.38. The summed E-state index contributed by atoms with van der Waals surface area (Å²) in [6.07, 6.45) is 4.99. The molecule has 1 fully saturated rings. The van der Waals surface area contributed by atoms with E-state index < -0.39 is 0 Å². The van der Waals surface area contributed by atoms with Crippen molar-refractivity contribution >= 4 is 11.4 Å². The van der Waals surface area contributed by atoms with E-state index >= 15 is 0 Å². The van der Waals surface area contributed by atoms with E-state index in [0.717, 1.165) is 37.9 Å². The molecule has 116 valence electrons. The molecular formula is C20H24O2. The van der Waals surface area contributed by atoms with Crippen LogP contribution in [0.1, 0.15) is 50.7 Å². The van der Waals surface area contributed by atoms with Crippen LogP contribution in [0.15, 0.2) is 23.8 Å². The first-order valence-corrected chi connectivity index (χ1v) is 8.48. The van der Waals surface area contributed by atoms with E-state index in [4.69, 9.17) is 4.74 Å². The van der Waals surface area contributed by atoms with E-state index in [1.165, 1.54) is 16.7 Å². The van der Waals surface area contributed by atoms with Gasteiger partial charge >= 0.3 is 0 Å². The highest BCUT2D eigenvalue weighted by Gasteiger charge is 2.51. The normalized spacial score (nSPS) is 33.3. The van der Waals surface area contributed by atoms with Crippen LogP contribution in [0.2, 0.25) is 0 Å². The average molecular weight is 296 g/mol. The molecule has 4 rings (SSSR count). The minimum absolute atomic E-state index is 0.0862. The van der Waals surface area contributed by atoms with Crippen molar-refractivity contribution in [3.05, 3.63) is 34.9 Å². The largest absolute Gasteiger partial charge is 0.497 e. The minimum atomic E-state index is -0.0862. The molecule has 1 aromatic carbocycles. The number of methoxy groups -OCH3 is 1. The fourth-order valence-electron chi connectivity index (χ4n) is 5.16. The van der Waals surface area contributed by atoms with Gasteiger partial charge in [0.25, 0.3) is 0 Å². The van der Waals surface area contributed by atoms with Crippen LogP contribution in [0.25, 0.3) is 5.57 Å². The van der Waals surface area contributed by atoms with Crippen molar-refractivity contribution in [3.63, 3.8) is 0 Å². The molecule has 2 nitrogen and oxygen atoms in total. The topological polar surface area (TPSA) is 26.3 Å². The van der Waals surface area contributed by atoms with Gasteiger partial charge in [-0.25, -0.2) is 0 Å². The van der Waals surface area contributed by atoms with Gasteiger partial charge in [0.15, 0.2) is 0 Å². The maximum atomic E-state index is 12.4. The predicted octanol–water partition coefficient (Wildman–Crippen LogP) is 4.42. The molecule has 0 N–H and O–H groups in total. The summed E-state index contributed by atoms with van der Waals surface area (Å²) < 4.78 is 5.39. The quantitative estimate of drug-likeness (QED) is 0.767. The van der Waals surface area contributed by atoms with Crippen molar-refractivity contribution in [3.8, 4) is 5.75 Å². The third kappa shape index (κ3) is 1.76. The SMILES string of the molecule is COc1ccc2c(c1)CC(C)C1=C2CC[C@]2(C)C(=O)CC[C@@H]12. The Morgan fingerprint density at radius 3 is 2.86 bits per heavy atom. The van der Waals surface area contributed by atoms with E-state index in [2.05, 4.69) is 32.0 Å². The molecule has 0 aliphatic heterocycles. The Labute approximate surface area is 132 Å². The van der Waals surface area contributed by atoms with Crippen LogP contribution in [0.5, 0.6) is 5.75 Å². The van der Waals surface area contributed by atoms with Gasteiger partial charge in [-0.2, -0.15) is 0 Å². The van der Waals surface area contributed by atoms with Crippen LogP contribution >= 0.6 is 0 Å². The van der Waals surface area contributed by atoms with Gasteiger partial charge in [-0.15, -0.1) is 0 Å². The Morgan fingerprint density at radius 2 is 2.09 bits per heavy atom. The highest BCUT2D eigenvalue weighted by Crippen LogP contribution is 2.57. The lowest BCUT2D eigenvalue weighted by Crippen LogP contribution is -2.36. The average Bonchev–Trinajstić information content (AvgIpc) is 2.82. The monoisotopic (exact) mass is 296 g/mol. The van der Waals surface area contributed by atoms with Gasteiger partial charge in [0, 0.05) is 11.8 Å². The summed E-state index contributed by atoms with van der Waals surface area (Å²) in [4.78, 5) is 12.4. The number of rotatable bonds is 1. The molecule has 0 heterocycles. The van der Waals surface area contributed by atoms with Gasteiger partial charge in [0.2, 0.25) is 0 Å². The smallest absolute Gasteiger partial charge is 0.139 e. The van der Waals surface area contributed by atoms with E-state index in [0.29, 0.717) is 17.6 Å². The molecule has 0 aromatic heterocycles. The Morgan fingerprint density at radius 1 is 1.27 bits per heavy atom. The highest BCUT2D eigenvalue weighted by atomic mass is 16.5. The fourth-order valence-corrected chi connectivity index (χ4v) is 5.16. The van der Waals surface area contributed by atoms with Gasteiger partial charge in [0.05, 0.1) is 7.11 Å². The molecule has 2 heteroatoms. The number of carbonyl (C=O) groups excluding carboxylic acids is 1. The maximum Gasteiger partial charge on any atom is 0.139 e. The maximum absolute atomic E-state index is 12.4. The number of carbonyl (C=O) groups is 1. The zero-order valence-corrected chi connectivity index (χ0v) is 13.7. The molecule has 1 saturated carbocycles. The summed E-state index contributed by atoms with van der Waals surface area (Å²) >= 11 is 0. The summed E-state index contributed by atoms with van der Waals surface area (Å²) in [7, 11) is 1.73. The molecule has 22 heavy (non-hydrogen) atoms. The van der Waals surface area contributed by atoms with Crippen molar-refractivity contribution in [1.29, 1.82) is 0 Å². The summed E-state index contributed by atoms with van der Waals surface area (Å²) in [6.45, 7) is 4.55. The molecule has 0 amide bonds. The number of Topliss-reactive ketones (excluding diaryl/α,β-unsaturated/α-hetero) is 1. The summed E-state index contributed by atoms with van der Waals surface area (Å²) in [5, 5.41) is 0. The number of ether oxygens (including phenoxy) is 1. The second-order valence-corrected chi connectivity index (χ2v) is 7.49. The molecular weight excluding hydrogens is 272 g/mol. The Balaban J connectivity index is 1.86. The Hall–Kier alpha value is -1.57. The first-order chi connectivity index (χ1) is 10.5. The molecule has 3 aliphatic rings. The van der Waals surface area contributed by atoms with Crippen LogP contribution in [0, 0.1) is 17.3 Å². The Kier molecular flexibility index (Phi) is 3.01. The zero-order valence-electron chi connectivity index (χ0n) is 13.7. The molecule has 0 bridgehead atoms. The number of hydrogen-bond acceptors (Lipinski definition) is 2. The number of fused-ring (bicyclic) bond motifs is 4. The molecule has 3 atom stereocenters. The van der Waals surface area contributed by atoms with Crippen LogP contribution in [-0.2, 0) is 11.2 Å². The predicted molar refractivity (Wildman–Crippen MR) is 87.9 cm³/mol. The Bertz CT molecular complexity index is 685. The van der Waals surface area contributed by atoms with Gasteiger partial charge in [0.1, 0.15) is 11.5 Å². The third-order valence-electron chi connectivity index (χ3n) is 6.38. The summed E-state index contributed by atoms with van der Waals surface area (Å²) in [5.41, 5.74) is 5.87. The lowest BCUT2D eigenvalue weighted by atomic mass is 9.60. The van der Waals surface area contributed by atoms with Gasteiger partial charge in [-0.3, -0.25) is 4.79 Å². The van der Waals surface area contributed by atoms with Gasteiger partial charge in [-0.05, 0) is 66.4 Å². The molecule has 1 unspecified atom stereocenters. The first-order valence-electron chi connectivity index (χ1n) is 8.48. The van der Waals surface area contributed by atoms with Crippen molar-refractivity contribution in [2.45, 2.75) is 46.0 Å². The van der Waals surface area contributed by atoms with E-state index in [-0.39, 0.29) is 5.41 Å². The number of ketones is 1. The molecule has 0 radical (unpaired) electrons. The standard InChI is InChI=1S/C20H24O2/c1-12-10-13-11-14(22-3)4-5-15(13)16-8-9-20(2)17(19(12)16)6-7-18(20)21/h4-5,11-12,17H,6-10H2,1-3H3/t12?,17-,20-/m0/s1. The van der Waals surface area contributed by atoms with Crippen LogP contribution in [0.4, 0.5) is 0 Å². The molecule has 1 aromatic rings. The van der Waals surface area contributed by atoms with Crippen LogP contribution < -0.4 is 4.74 Å². The highest BCUT2D eigenvalue weighted by molar-refractivity contribution is 5.90. The van der Waals surface area contributed by atoms with E-state index in [1.54, 1.807) is 12.7 Å². The second-order valence-electron chi connectivity index (χ2n) is 7.49. The lowest BCUT2D eigenvalue weighted by Gasteiger charge is -2.43. The fraction of sp³-hybridized carbons (Fsp3) is 0.550. The second kappa shape index (κ2) is 4.71. The van der Waals surface area contributed by atoms with E-state index in [1.807, 2.05) is 0 Å². The number of benzene rings is 1. The first kappa shape index (κ1) is 14.0. The molecule has 0 saturated heterocycles. The lowest BCUT2D eigenvalue weighted by molar-refractivity contribution is -0.126. The van der Waals surface area contributed by atoms with Crippen molar-refractivity contribution in [2.24, 2.45) is 17.3 Å². The van der Waals surface area contributed by atoms with Crippen LogP contribution in [0.3, 0.4) is 0 Å². The van der Waals surface area contributed by atoms with Crippen molar-refractivity contribution in [1.82, 2.24) is 0 Å². The van der Waals surface area contributed by atoms with Gasteiger partial charge in [-0.1, -0.05) is 25.5 Å². The molecule has 3 aliphatic carbocycles.